The summed E-state index contributed by atoms with van der Waals surface area (Å²) < 4.78 is 86.1. The molecule has 1 aromatic heterocycles. The molecule has 1 atom stereocenters. The first-order valence-electron chi connectivity index (χ1n) is 9.03. The molecule has 32 heavy (non-hydrogen) atoms. The van der Waals surface area contributed by atoms with E-state index < -0.39 is 64.1 Å². The van der Waals surface area contributed by atoms with E-state index in [2.05, 4.69) is 9.72 Å². The van der Waals surface area contributed by atoms with Crippen molar-refractivity contribution in [1.82, 2.24) is 4.98 Å². The van der Waals surface area contributed by atoms with Crippen molar-refractivity contribution in [3.8, 4) is 0 Å². The molecule has 3 rings (SSSR count). The summed E-state index contributed by atoms with van der Waals surface area (Å²) in [7, 11) is 0.993. The normalized spacial score (nSPS) is 19.2. The van der Waals surface area contributed by atoms with Crippen LogP contribution in [0.2, 0.25) is 0 Å². The van der Waals surface area contributed by atoms with Crippen LogP contribution >= 0.6 is 0 Å². The molecule has 1 unspecified atom stereocenters. The number of alkyl halides is 6. The second-order valence-corrected chi connectivity index (χ2v) is 7.12. The summed E-state index contributed by atoms with van der Waals surface area (Å²) >= 11 is 0. The predicted molar refractivity (Wildman–Crippen MR) is 98.2 cm³/mol. The zero-order valence-electron chi connectivity index (χ0n) is 16.3. The van der Waals surface area contributed by atoms with Crippen LogP contribution in [0.1, 0.15) is 27.9 Å². The number of aromatic nitrogens is 1. The minimum Gasteiger partial charge on any atom is -0.465 e. The Balaban J connectivity index is 2.04. The monoisotopic (exact) mass is 463 g/mol. The van der Waals surface area contributed by atoms with Crippen LogP contribution in [0.4, 0.5) is 38.0 Å². The number of ether oxygens (including phenoxy) is 1. The molecule has 0 bridgehead atoms. The highest BCUT2D eigenvalue weighted by atomic mass is 19.4. The summed E-state index contributed by atoms with van der Waals surface area (Å²) in [4.78, 5) is 26.8. The standard InChI is InChI=1S/C19H15F6N3O4/c1-32-16(29)13-5-6-14(26-15(13)28(30)31)27-8-7-17(10-27,19(23,24)25)11-3-2-4-12(9-11)18(20,21)22/h2-6,9H,7-8,10H2,1H3. The van der Waals surface area contributed by atoms with Crippen molar-refractivity contribution in [2.24, 2.45) is 0 Å². The van der Waals surface area contributed by atoms with Gasteiger partial charge in [0, 0.05) is 19.2 Å². The van der Waals surface area contributed by atoms with Crippen molar-refractivity contribution in [1.29, 1.82) is 0 Å². The van der Waals surface area contributed by atoms with Crippen LogP contribution in [0.25, 0.3) is 0 Å². The van der Waals surface area contributed by atoms with E-state index in [4.69, 9.17) is 0 Å². The fraction of sp³-hybridized carbons (Fsp3) is 0.368. The fourth-order valence-corrected chi connectivity index (χ4v) is 3.65. The second kappa shape index (κ2) is 7.95. The van der Waals surface area contributed by atoms with Crippen LogP contribution in [0.3, 0.4) is 0 Å². The molecule has 0 amide bonds. The van der Waals surface area contributed by atoms with Gasteiger partial charge in [0.15, 0.2) is 5.56 Å². The van der Waals surface area contributed by atoms with Gasteiger partial charge in [-0.1, -0.05) is 18.2 Å². The van der Waals surface area contributed by atoms with Gasteiger partial charge in [0.2, 0.25) is 5.82 Å². The largest absolute Gasteiger partial charge is 0.465 e. The Hall–Kier alpha value is -3.38. The molecule has 1 fully saturated rings. The smallest absolute Gasteiger partial charge is 0.416 e. The van der Waals surface area contributed by atoms with Crippen molar-refractivity contribution in [2.45, 2.75) is 24.2 Å². The number of benzene rings is 1. The molecule has 2 heterocycles. The number of anilines is 1. The summed E-state index contributed by atoms with van der Waals surface area (Å²) in [6, 6.07) is 5.15. The van der Waals surface area contributed by atoms with E-state index in [1.54, 1.807) is 0 Å². The summed E-state index contributed by atoms with van der Waals surface area (Å²) in [5, 5.41) is 11.3. The van der Waals surface area contributed by atoms with E-state index in [0.29, 0.717) is 12.1 Å². The molecule has 2 aromatic rings. The first-order chi connectivity index (χ1) is 14.8. The van der Waals surface area contributed by atoms with Crippen molar-refractivity contribution in [2.75, 3.05) is 25.1 Å². The molecule has 13 heteroatoms. The highest BCUT2D eigenvalue weighted by Crippen LogP contribution is 2.49. The topological polar surface area (TPSA) is 85.6 Å². The first-order valence-corrected chi connectivity index (χ1v) is 9.03. The number of hydrogen-bond donors (Lipinski definition) is 0. The number of halogens is 6. The van der Waals surface area contributed by atoms with E-state index in [0.717, 1.165) is 36.3 Å². The van der Waals surface area contributed by atoms with Gasteiger partial charge in [-0.3, -0.25) is 0 Å². The zero-order chi connectivity index (χ0) is 23.9. The Bertz CT molecular complexity index is 1060. The third-order valence-corrected chi connectivity index (χ3v) is 5.32. The maximum absolute atomic E-state index is 14.1. The average molecular weight is 463 g/mol. The minimum absolute atomic E-state index is 0.220. The van der Waals surface area contributed by atoms with Crippen molar-refractivity contribution < 1.29 is 40.8 Å². The van der Waals surface area contributed by atoms with Crippen LogP contribution in [-0.4, -0.2) is 42.3 Å². The van der Waals surface area contributed by atoms with Crippen molar-refractivity contribution in [3.05, 3.63) is 63.2 Å². The maximum atomic E-state index is 14.1. The molecule has 0 radical (unpaired) electrons. The Morgan fingerprint density at radius 3 is 2.44 bits per heavy atom. The SMILES string of the molecule is COC(=O)c1ccc(N2CCC(c3cccc(C(F)(F)F)c3)(C(F)(F)F)C2)nc1[N+](=O)[O-]. The molecular formula is C19H15F6N3O4. The molecule has 0 spiro atoms. The molecule has 0 saturated carbocycles. The highest BCUT2D eigenvalue weighted by Gasteiger charge is 2.60. The van der Waals surface area contributed by atoms with Gasteiger partial charge in [0.25, 0.3) is 0 Å². The summed E-state index contributed by atoms with van der Waals surface area (Å²) in [5.41, 5.74) is -4.91. The van der Waals surface area contributed by atoms with Gasteiger partial charge in [0.1, 0.15) is 5.41 Å². The quantitative estimate of drug-likeness (QED) is 0.287. The molecule has 1 aromatic carbocycles. The number of nitro groups is 1. The van der Waals surface area contributed by atoms with Crippen LogP contribution in [0, 0.1) is 10.1 Å². The van der Waals surface area contributed by atoms with Crippen LogP contribution in [0.5, 0.6) is 0 Å². The Labute approximate surface area is 176 Å². The van der Waals surface area contributed by atoms with E-state index >= 15 is 0 Å². The highest BCUT2D eigenvalue weighted by molar-refractivity contribution is 5.93. The lowest BCUT2D eigenvalue weighted by molar-refractivity contribution is -0.389. The Morgan fingerprint density at radius 1 is 1.19 bits per heavy atom. The molecule has 0 N–H and O–H groups in total. The van der Waals surface area contributed by atoms with Gasteiger partial charge >= 0.3 is 24.1 Å². The Morgan fingerprint density at radius 2 is 1.88 bits per heavy atom. The van der Waals surface area contributed by atoms with Gasteiger partial charge in [0.05, 0.1) is 12.7 Å². The molecule has 7 nitrogen and oxygen atoms in total. The van der Waals surface area contributed by atoms with Crippen LogP contribution in [0.15, 0.2) is 36.4 Å². The van der Waals surface area contributed by atoms with E-state index in [9.17, 15) is 41.3 Å². The molecule has 1 aliphatic heterocycles. The lowest BCUT2D eigenvalue weighted by atomic mass is 9.78. The molecular weight excluding hydrogens is 448 g/mol. The van der Waals surface area contributed by atoms with E-state index in [-0.39, 0.29) is 12.4 Å². The molecule has 0 aliphatic carbocycles. The number of rotatable bonds is 4. The third-order valence-electron chi connectivity index (χ3n) is 5.32. The minimum atomic E-state index is -4.91. The van der Waals surface area contributed by atoms with Gasteiger partial charge < -0.3 is 19.8 Å². The number of esters is 1. The summed E-state index contributed by atoms with van der Waals surface area (Å²) in [5.74, 6) is -2.17. The summed E-state index contributed by atoms with van der Waals surface area (Å²) in [6.45, 7) is -1.09. The van der Waals surface area contributed by atoms with Crippen molar-refractivity contribution in [3.63, 3.8) is 0 Å². The number of carbonyl (C=O) groups is 1. The lowest BCUT2D eigenvalue weighted by Gasteiger charge is -2.32. The molecule has 1 saturated heterocycles. The van der Waals surface area contributed by atoms with Gasteiger partial charge in [-0.2, -0.15) is 26.3 Å². The number of hydrogen-bond acceptors (Lipinski definition) is 6. The van der Waals surface area contributed by atoms with Crippen LogP contribution in [-0.2, 0) is 16.3 Å². The summed E-state index contributed by atoms with van der Waals surface area (Å²) in [6.07, 6.45) is -10.3. The van der Waals surface area contributed by atoms with Gasteiger partial charge in [-0.15, -0.1) is 0 Å². The van der Waals surface area contributed by atoms with Gasteiger partial charge in [-0.25, -0.2) is 4.79 Å². The first kappa shape index (κ1) is 23.3. The van der Waals surface area contributed by atoms with E-state index in [1.807, 2.05) is 0 Å². The fourth-order valence-electron chi connectivity index (χ4n) is 3.65. The second-order valence-electron chi connectivity index (χ2n) is 7.12. The maximum Gasteiger partial charge on any atom is 0.416 e. The van der Waals surface area contributed by atoms with Crippen molar-refractivity contribution >= 4 is 17.6 Å². The third kappa shape index (κ3) is 4.06. The average Bonchev–Trinajstić information content (AvgIpc) is 3.19. The molecule has 172 valence electrons. The van der Waals surface area contributed by atoms with Crippen LogP contribution < -0.4 is 4.90 Å². The number of methoxy groups -OCH3 is 1. The van der Waals surface area contributed by atoms with E-state index in [1.165, 1.54) is 0 Å². The Kier molecular flexibility index (Phi) is 5.78. The predicted octanol–water partition coefficient (Wildman–Crippen LogP) is 4.51. The van der Waals surface area contributed by atoms with Gasteiger partial charge in [-0.05, 0) is 34.0 Å². The number of carbonyl (C=O) groups excluding carboxylic acids is 1. The lowest BCUT2D eigenvalue weighted by Crippen LogP contribution is -2.45. The zero-order valence-corrected chi connectivity index (χ0v) is 16.3. The molecule has 1 aliphatic rings. The number of nitrogens with zero attached hydrogens (tertiary/aromatic N) is 3. The number of pyridine rings is 1.